The summed E-state index contributed by atoms with van der Waals surface area (Å²) in [5.74, 6) is 2.26. The Bertz CT molecular complexity index is 5830. The summed E-state index contributed by atoms with van der Waals surface area (Å²) >= 11 is 23.6. The number of rotatable bonds is 25. The van der Waals surface area contributed by atoms with Gasteiger partial charge in [0.25, 0.3) is 0 Å². The maximum absolute atomic E-state index is 10.9. The maximum Gasteiger partial charge on any atom is 0.313 e. The van der Waals surface area contributed by atoms with E-state index < -0.39 is 11.9 Å². The third-order valence-electron chi connectivity index (χ3n) is 20.4. The summed E-state index contributed by atoms with van der Waals surface area (Å²) < 4.78 is 12.6. The monoisotopic (exact) mass is 2830 g/mol. The fraction of sp³-hybridized carbons (Fsp3) is 0.261. The molecule has 0 aliphatic heterocycles. The van der Waals surface area contributed by atoms with Crippen LogP contribution in [0.5, 0.6) is 0 Å². The predicted octanol–water partition coefficient (Wildman–Crippen LogP) is 23.4. The first-order valence-corrected chi connectivity index (χ1v) is 46.3. The van der Waals surface area contributed by atoms with Crippen molar-refractivity contribution in [3.8, 4) is 28.4 Å². The zero-order chi connectivity index (χ0) is 80.8. The molecule has 5 fully saturated rings. The first-order valence-electron chi connectivity index (χ1n) is 37.5. The molecule has 0 saturated heterocycles. The normalized spacial score (nSPS) is 13.2. The van der Waals surface area contributed by atoms with Crippen LogP contribution in [0.2, 0.25) is 0 Å². The number of carboxylic acids is 2. The molecule has 38 heteroatoms. The van der Waals surface area contributed by atoms with Crippen molar-refractivity contribution in [2.24, 2.45) is 0 Å². The molecule has 5 aliphatic carbocycles. The van der Waals surface area contributed by atoms with Crippen LogP contribution in [0.1, 0.15) is 145 Å². The zero-order valence-electron chi connectivity index (χ0n) is 64.8. The third kappa shape index (κ3) is 25.8. The van der Waals surface area contributed by atoms with Crippen LogP contribution in [-0.2, 0) is 185 Å². The van der Waals surface area contributed by atoms with Crippen molar-refractivity contribution < 1.29 is 197 Å². The van der Waals surface area contributed by atoms with Crippen molar-refractivity contribution in [2.45, 2.75) is 142 Å². The Hall–Kier alpha value is -3.32. The molecule has 10 aromatic carbocycles. The first kappa shape index (κ1) is 110. The van der Waals surface area contributed by atoms with Gasteiger partial charge in [-0.3, -0.25) is 51.3 Å². The Morgan fingerprint density at radius 3 is 0.619 bits per heavy atom. The summed E-state index contributed by atoms with van der Waals surface area (Å²) in [5, 5.41) is 74.3. The molecule has 22 nitrogen and oxygen atoms in total. The number of thioether (sulfide) groups is 5. The van der Waals surface area contributed by atoms with Gasteiger partial charge in [0.1, 0.15) is 0 Å². The van der Waals surface area contributed by atoms with E-state index in [9.17, 15) is 24.0 Å². The van der Waals surface area contributed by atoms with Gasteiger partial charge in [-0.2, -0.15) is 0 Å². The summed E-state index contributed by atoms with van der Waals surface area (Å²) in [5.41, 5.74) is 12.0. The van der Waals surface area contributed by atoms with Crippen molar-refractivity contribution in [1.29, 1.82) is 0 Å². The molecule has 3 radical (unpaired) electrons. The van der Waals surface area contributed by atoms with Crippen LogP contribution in [-0.4, -0.2) is 144 Å². The van der Waals surface area contributed by atoms with Gasteiger partial charge in [0.2, 0.25) is 23.7 Å². The van der Waals surface area contributed by atoms with Gasteiger partial charge in [0.15, 0.2) is 25.8 Å². The minimum absolute atomic E-state index is 0. The topological polar surface area (TPSA) is 279 Å². The molecule has 0 spiro atoms. The Balaban J connectivity index is 0.000000240. The second kappa shape index (κ2) is 51.4. The molecule has 0 atom stereocenters. The molecule has 0 bridgehead atoms. The minimum Gasteiger partial charge on any atom is -0.541 e. The Morgan fingerprint density at radius 1 is 0.294 bits per heavy atom. The van der Waals surface area contributed by atoms with Gasteiger partial charge in [-0.05, 0) is 259 Å². The van der Waals surface area contributed by atoms with Gasteiger partial charge in [-0.25, -0.2) is 0 Å². The third-order valence-corrected chi connectivity index (χ3v) is 27.1. The standard InChI is InChI=1S/2C17H14BrN3O2S.3C17H13BrN3OS.3CH4.3W.3Y.H2/c2*18-16-19-20-17(24-9-15(22)23)21(16)14-8-7-11(10-5-6-10)12-3-1-2-4-13(12)14;3*18-16-19-20-17(23-10-9-22)21(16)15-8-7-12(11-5-6-11)13-3-1-2-4-14(13)15;;;;;;;;;;/h2*1-4,7-8,10H,5-6,9H2,(H,22,23);3*1-4,7-8,11H,5-6,10H2;3*1H4;;;;;;;1H/q;;3*-1;;;;;;;;;;/i;;;;;;;;;;;;;;1+1. The Labute approximate surface area is 913 Å². The Morgan fingerprint density at radius 2 is 0.460 bits per heavy atom. The molecular formula is C88H81Br5N15O7S5W3Y3-3. The Kier molecular flexibility index (Phi) is 44.7. The number of carbonyl (C=O) groups is 2. The molecule has 0 unspecified atom stereocenters. The summed E-state index contributed by atoms with van der Waals surface area (Å²) in [4.78, 5) is 53.4. The fourth-order valence-corrected chi connectivity index (χ4v) is 20.4. The van der Waals surface area contributed by atoms with Crippen molar-refractivity contribution in [2.75, 3.05) is 28.8 Å². The molecule has 15 aromatic rings. The second-order valence-corrected chi connectivity index (χ2v) is 36.3. The number of hydrogen-bond acceptors (Lipinski definition) is 20. The van der Waals surface area contributed by atoms with Gasteiger partial charge in [-0.15, -0.1) is 86.3 Å². The summed E-state index contributed by atoms with van der Waals surface area (Å²) in [6, 6.07) is 63.4. The van der Waals surface area contributed by atoms with Crippen LogP contribution in [0.25, 0.3) is 82.3 Å². The number of nitrogens with zero attached hydrogens (tertiary/aromatic N) is 15. The number of carboxylic acid groups (broad SMARTS) is 2. The number of fused-ring (bicyclic) bond motifs is 5. The molecular weight excluding hydrogens is 2760 g/mol. The number of halogens is 5. The van der Waals surface area contributed by atoms with E-state index in [0.29, 0.717) is 79.0 Å². The van der Waals surface area contributed by atoms with Crippen LogP contribution < -0.4 is 0 Å². The second-order valence-electron chi connectivity index (χ2n) is 28.1. The van der Waals surface area contributed by atoms with E-state index in [4.69, 9.17) is 10.2 Å². The van der Waals surface area contributed by atoms with Gasteiger partial charge in [0.05, 0.1) is 39.9 Å². The van der Waals surface area contributed by atoms with E-state index in [2.05, 4.69) is 282 Å². The van der Waals surface area contributed by atoms with E-state index >= 15 is 0 Å². The fourth-order valence-electron chi connectivity index (χ4n) is 14.5. The SMILES string of the molecule is C.C.C.O=C(O)CSc1nnc(Br)n1-c1ccc(C2CC2)c2ccccc12.O=C(O)CSc1nnc(Br)n1-c1ccc(C2CC2)c2ccccc12.O=[C-]CSc1nnc(Br)n1-c1ccc(C2CC2)c2ccccc12.O=[C-]CSc1nnc(Br)n1-c1ccc(C2CC2)c2ccccc12.O=[C-]CSc1nnc(Br)n1-c1ccc(C2CC2)c2ccccc12.[2HH].[W].[W].[W].[Y].[Y].[Y]. The van der Waals surface area contributed by atoms with Crippen molar-refractivity contribution in [1.82, 2.24) is 73.8 Å². The average molecular weight is 2840 g/mol. The average Bonchev–Trinajstić information content (AvgIpc) is 1.72. The molecule has 5 aromatic heterocycles. The molecule has 20 rings (SSSR count). The van der Waals surface area contributed by atoms with E-state index in [1.54, 1.807) is 0 Å². The van der Waals surface area contributed by atoms with Gasteiger partial charge >= 0.3 is 11.9 Å². The molecule has 5 saturated carbocycles. The van der Waals surface area contributed by atoms with E-state index in [-0.39, 0.29) is 214 Å². The van der Waals surface area contributed by atoms with Gasteiger partial charge in [0, 0.05) is 190 Å². The number of aliphatic carboxylic acids is 2. The van der Waals surface area contributed by atoms with Gasteiger partial charge < -0.3 is 24.6 Å². The predicted molar refractivity (Wildman–Crippen MR) is 501 cm³/mol. The summed E-state index contributed by atoms with van der Waals surface area (Å²) in [7, 11) is 0. The largest absolute Gasteiger partial charge is 0.541 e. The van der Waals surface area contributed by atoms with Crippen LogP contribution in [0.4, 0.5) is 0 Å². The first-order chi connectivity index (χ1) is 57.2. The van der Waals surface area contributed by atoms with Crippen molar-refractivity contribution >= 4 is 223 Å². The van der Waals surface area contributed by atoms with Gasteiger partial charge in [-0.1, -0.05) is 215 Å². The molecule has 645 valence electrons. The van der Waals surface area contributed by atoms with Crippen LogP contribution in [0, 0.1) is 0 Å². The van der Waals surface area contributed by atoms with E-state index in [0.717, 1.165) is 62.7 Å². The van der Waals surface area contributed by atoms with Crippen LogP contribution >= 0.6 is 138 Å². The summed E-state index contributed by atoms with van der Waals surface area (Å²) in [6.07, 6.45) is 18.3. The molecule has 2 N–H and O–H groups in total. The minimum atomic E-state index is -0.875. The number of carbonyl (C=O) groups excluding carboxylic acids is 3. The molecule has 0 amide bonds. The molecule has 5 heterocycles. The quantitative estimate of drug-likeness (QED) is 0.0397. The number of benzene rings is 10. The van der Waals surface area contributed by atoms with Crippen molar-refractivity contribution in [3.63, 3.8) is 0 Å². The number of aromatic nitrogens is 15. The zero-order valence-corrected chi connectivity index (χ0v) is 94.2. The van der Waals surface area contributed by atoms with E-state index in [1.165, 1.54) is 170 Å². The van der Waals surface area contributed by atoms with Crippen LogP contribution in [0.15, 0.2) is 231 Å². The number of hydrogen-bond donors (Lipinski definition) is 2. The van der Waals surface area contributed by atoms with Crippen molar-refractivity contribution in [3.05, 3.63) is 233 Å². The van der Waals surface area contributed by atoms with Crippen LogP contribution in [0.3, 0.4) is 0 Å². The van der Waals surface area contributed by atoms with E-state index in [1.807, 2.05) is 72.0 Å². The summed E-state index contributed by atoms with van der Waals surface area (Å²) in [6.45, 7) is 0. The molecule has 5 aliphatic rings. The maximum atomic E-state index is 10.9. The molecule has 126 heavy (non-hydrogen) atoms. The smallest absolute Gasteiger partial charge is 0.313 e.